The van der Waals surface area contributed by atoms with Crippen molar-refractivity contribution in [3.8, 4) is 22.3 Å². The van der Waals surface area contributed by atoms with Crippen molar-refractivity contribution >= 4 is 44.7 Å². The number of rotatable bonds is 10. The molecule has 4 heterocycles. The highest BCUT2D eigenvalue weighted by atomic mass is 16.2. The molecule has 62 heavy (non-hydrogen) atoms. The van der Waals surface area contributed by atoms with Gasteiger partial charge in [0.25, 0.3) is 0 Å². The molecule has 2 unspecified atom stereocenters. The third kappa shape index (κ3) is 7.33. The molecule has 0 saturated carbocycles. The summed E-state index contributed by atoms with van der Waals surface area (Å²) in [4.78, 5) is 53.4. The highest BCUT2D eigenvalue weighted by molar-refractivity contribution is 5.93. The zero-order chi connectivity index (χ0) is 42.5. The molecule has 0 radical (unpaired) electrons. The van der Waals surface area contributed by atoms with Gasteiger partial charge in [-0.15, -0.1) is 0 Å². The number of likely N-dealkylation sites (tertiary alicyclic amines) is 2. The van der Waals surface area contributed by atoms with E-state index in [2.05, 4.69) is 82.8 Å². The Morgan fingerprint density at radius 2 is 0.919 bits per heavy atom. The smallest absolute Gasteiger partial charge is 0.245 e. The Labute approximate surface area is 362 Å². The van der Waals surface area contributed by atoms with Gasteiger partial charge in [0.15, 0.2) is 0 Å². The zero-order valence-corrected chi connectivity index (χ0v) is 35.8. The monoisotopic (exact) mass is 820 g/mol. The number of nitrogens with one attached hydrogen (secondary N) is 2. The van der Waals surface area contributed by atoms with Gasteiger partial charge < -0.3 is 19.8 Å². The molecule has 2 aliphatic rings. The predicted molar refractivity (Wildman–Crippen MR) is 247 cm³/mol. The predicted octanol–water partition coefficient (Wildman–Crippen LogP) is 9.86. The molecule has 8 aromatic rings. The van der Waals surface area contributed by atoms with Crippen molar-refractivity contribution in [3.05, 3.63) is 156 Å². The van der Waals surface area contributed by atoms with Crippen molar-refractivity contribution in [1.82, 2.24) is 39.5 Å². The van der Waals surface area contributed by atoms with Gasteiger partial charge in [0, 0.05) is 13.1 Å². The lowest BCUT2D eigenvalue weighted by Gasteiger charge is -2.31. The fourth-order valence-corrected chi connectivity index (χ4v) is 9.88. The van der Waals surface area contributed by atoms with E-state index >= 15 is 0 Å². The van der Waals surface area contributed by atoms with Crippen LogP contribution in [0.25, 0.3) is 55.1 Å². The van der Waals surface area contributed by atoms with Crippen LogP contribution in [-0.2, 0) is 9.59 Å². The number of carbonyl (C=O) groups excluding carboxylic acids is 2. The normalized spacial score (nSPS) is 17.8. The third-order valence-corrected chi connectivity index (χ3v) is 12.9. The maximum Gasteiger partial charge on any atom is 0.245 e. The molecule has 2 fully saturated rings. The molecule has 10 rings (SSSR count). The van der Waals surface area contributed by atoms with Crippen LogP contribution in [0.5, 0.6) is 0 Å². The van der Waals surface area contributed by atoms with Crippen LogP contribution in [-0.4, -0.2) is 92.6 Å². The summed E-state index contributed by atoms with van der Waals surface area (Å²) in [5.74, 6) is 1.91. The molecule has 0 spiro atoms. The molecule has 312 valence electrons. The number of H-pyrrole nitrogens is 2. The number of nitrogens with zero attached hydrogens (tertiary/aromatic N) is 6. The molecule has 0 aliphatic carbocycles. The summed E-state index contributed by atoms with van der Waals surface area (Å²) in [6.07, 6.45) is 3.65. The van der Waals surface area contributed by atoms with Crippen molar-refractivity contribution < 1.29 is 9.59 Å². The minimum absolute atomic E-state index is 0.0925. The summed E-state index contributed by atoms with van der Waals surface area (Å²) in [7, 11) is 7.87. The van der Waals surface area contributed by atoms with E-state index in [4.69, 9.17) is 9.97 Å². The number of hydrogen-bond donors (Lipinski definition) is 2. The van der Waals surface area contributed by atoms with Crippen molar-refractivity contribution in [2.24, 2.45) is 0 Å². The molecule has 10 nitrogen and oxygen atoms in total. The summed E-state index contributed by atoms with van der Waals surface area (Å²) in [6, 6.07) is 45.2. The van der Waals surface area contributed by atoms with Crippen molar-refractivity contribution in [3.63, 3.8) is 0 Å². The Hall–Kier alpha value is -6.62. The van der Waals surface area contributed by atoms with E-state index in [1.807, 2.05) is 108 Å². The quantitative estimate of drug-likeness (QED) is 0.142. The Balaban J connectivity index is 0.868. The average Bonchev–Trinajstić information content (AvgIpc) is 4.12. The molecule has 6 aromatic carbocycles. The second kappa shape index (κ2) is 16.3. The zero-order valence-electron chi connectivity index (χ0n) is 35.8. The first-order valence-electron chi connectivity index (χ1n) is 21.8. The van der Waals surface area contributed by atoms with Crippen LogP contribution in [0.15, 0.2) is 133 Å². The number of amides is 2. The fraction of sp³-hybridized carbons (Fsp3) is 0.269. The SMILES string of the molecule is CN(C)C(C(=O)N1CCC[C@H]1c1nc2ccc(-c3ccc4cc(-c5ccc6nc([C@@H]7CCCN7C(=O)C(c7ccccc7)N(C)C)[nH]c6c5)ccc4c3)cc2[nH]1)c1ccccc1. The Morgan fingerprint density at radius 3 is 1.32 bits per heavy atom. The Morgan fingerprint density at radius 1 is 0.532 bits per heavy atom. The van der Waals surface area contributed by atoms with Gasteiger partial charge in [0.1, 0.15) is 23.7 Å². The van der Waals surface area contributed by atoms with E-state index < -0.39 is 0 Å². The molecule has 2 amide bonds. The number of aromatic nitrogens is 4. The number of aromatic amines is 2. The molecule has 2 aromatic heterocycles. The lowest BCUT2D eigenvalue weighted by Crippen LogP contribution is -2.40. The molecular weight excluding hydrogens is 769 g/mol. The lowest BCUT2D eigenvalue weighted by molar-refractivity contribution is -0.138. The van der Waals surface area contributed by atoms with Gasteiger partial charge in [-0.2, -0.15) is 0 Å². The fourth-order valence-electron chi connectivity index (χ4n) is 9.88. The minimum Gasteiger partial charge on any atom is -0.340 e. The molecule has 4 atom stereocenters. The van der Waals surface area contributed by atoms with Gasteiger partial charge in [-0.05, 0) is 134 Å². The molecule has 2 N–H and O–H groups in total. The standard InChI is InChI=1S/C52H52N8O2/c1-57(2)47(33-13-7-5-8-14-33)51(61)59-27-11-17-45(59)49-53-41-25-23-39(31-43(41)55-49)37-21-19-36-30-38(22-20-35(36)29-37)40-24-26-42-44(32-40)56-50(54-42)46-18-12-28-60(46)52(62)48(58(3)4)34-15-9-6-10-16-34/h5-10,13-16,19-26,29-32,45-48H,11-12,17-18,27-28H2,1-4H3,(H,53,55)(H,54,56)/t45-,46-,47?,48?/m0/s1. The van der Waals surface area contributed by atoms with Crippen molar-refractivity contribution in [2.75, 3.05) is 41.3 Å². The molecule has 10 heteroatoms. The van der Waals surface area contributed by atoms with Crippen LogP contribution in [0.2, 0.25) is 0 Å². The van der Waals surface area contributed by atoms with E-state index in [9.17, 15) is 9.59 Å². The second-order valence-electron chi connectivity index (χ2n) is 17.4. The van der Waals surface area contributed by atoms with Crippen molar-refractivity contribution in [2.45, 2.75) is 49.9 Å². The van der Waals surface area contributed by atoms with Gasteiger partial charge in [-0.1, -0.05) is 97.1 Å². The summed E-state index contributed by atoms with van der Waals surface area (Å²) in [5, 5.41) is 2.32. The third-order valence-electron chi connectivity index (χ3n) is 12.9. The van der Waals surface area contributed by atoms with Crippen LogP contribution < -0.4 is 0 Å². The van der Waals surface area contributed by atoms with E-state index in [1.54, 1.807) is 0 Å². The van der Waals surface area contributed by atoms with Gasteiger partial charge in [0.2, 0.25) is 11.8 Å². The summed E-state index contributed by atoms with van der Waals surface area (Å²) < 4.78 is 0. The molecule has 0 bridgehead atoms. The molecule has 2 saturated heterocycles. The van der Waals surface area contributed by atoms with Crippen LogP contribution in [0, 0.1) is 0 Å². The van der Waals surface area contributed by atoms with Gasteiger partial charge in [-0.3, -0.25) is 19.4 Å². The van der Waals surface area contributed by atoms with E-state index in [-0.39, 0.29) is 36.0 Å². The number of hydrogen-bond acceptors (Lipinski definition) is 6. The number of fused-ring (bicyclic) bond motifs is 3. The average molecular weight is 821 g/mol. The Kier molecular flexibility index (Phi) is 10.4. The first-order chi connectivity index (χ1) is 30.2. The van der Waals surface area contributed by atoms with Gasteiger partial charge in [0.05, 0.1) is 34.2 Å². The topological polar surface area (TPSA) is 104 Å². The molecular formula is C52H52N8O2. The number of benzene rings is 6. The number of imidazole rings is 2. The highest BCUT2D eigenvalue weighted by Gasteiger charge is 2.38. The summed E-state index contributed by atoms with van der Waals surface area (Å²) in [6.45, 7) is 1.44. The van der Waals surface area contributed by atoms with Crippen LogP contribution in [0.1, 0.15) is 72.6 Å². The minimum atomic E-state index is -0.347. The van der Waals surface area contributed by atoms with E-state index in [0.717, 1.165) is 117 Å². The van der Waals surface area contributed by atoms with E-state index in [0.29, 0.717) is 0 Å². The van der Waals surface area contributed by atoms with E-state index in [1.165, 1.54) is 0 Å². The summed E-state index contributed by atoms with van der Waals surface area (Å²) >= 11 is 0. The first kappa shape index (κ1) is 39.5. The van der Waals surface area contributed by atoms with Crippen LogP contribution in [0.4, 0.5) is 0 Å². The second-order valence-corrected chi connectivity index (χ2v) is 17.4. The maximum atomic E-state index is 14.1. The lowest BCUT2D eigenvalue weighted by atomic mass is 9.97. The van der Waals surface area contributed by atoms with Gasteiger partial charge in [-0.25, -0.2) is 9.97 Å². The summed E-state index contributed by atoms with van der Waals surface area (Å²) in [5.41, 5.74) is 10.2. The highest BCUT2D eigenvalue weighted by Crippen LogP contribution is 2.38. The largest absolute Gasteiger partial charge is 0.340 e. The Bertz CT molecular complexity index is 2720. The van der Waals surface area contributed by atoms with Gasteiger partial charge >= 0.3 is 0 Å². The molecule has 2 aliphatic heterocycles. The van der Waals surface area contributed by atoms with Crippen molar-refractivity contribution in [1.29, 1.82) is 0 Å². The maximum absolute atomic E-state index is 14.1. The van der Waals surface area contributed by atoms with Crippen LogP contribution >= 0.6 is 0 Å². The first-order valence-corrected chi connectivity index (χ1v) is 21.8. The van der Waals surface area contributed by atoms with Crippen LogP contribution in [0.3, 0.4) is 0 Å². The number of likely N-dealkylation sites (N-methyl/N-ethyl adjacent to an activating group) is 2. The number of carbonyl (C=O) groups is 2.